The first-order chi connectivity index (χ1) is 18.0. The minimum absolute atomic E-state index is 0.00642. The zero-order valence-corrected chi connectivity index (χ0v) is 25.8. The molecule has 2 aliphatic heterocycles. The number of pyridine rings is 2. The van der Waals surface area contributed by atoms with E-state index in [2.05, 4.69) is 51.9 Å². The summed E-state index contributed by atoms with van der Waals surface area (Å²) in [5.74, 6) is 4.83. The summed E-state index contributed by atoms with van der Waals surface area (Å²) in [5, 5.41) is 6.18. The molecule has 1 amide bonds. The second kappa shape index (κ2) is 12.6. The van der Waals surface area contributed by atoms with Gasteiger partial charge in [-0.25, -0.2) is 0 Å². The summed E-state index contributed by atoms with van der Waals surface area (Å²) in [4.78, 5) is 26.4. The number of carbonyl (C=O) groups is 1. The van der Waals surface area contributed by atoms with Crippen LogP contribution in [0, 0.1) is 0 Å². The maximum atomic E-state index is 12.2. The Hall–Kier alpha value is -2.44. The lowest BCUT2D eigenvalue weighted by Gasteiger charge is -2.44. The third kappa shape index (κ3) is 6.23. The molecule has 0 fully saturated rings. The molecule has 4 heterocycles. The van der Waals surface area contributed by atoms with Crippen molar-refractivity contribution in [2.24, 2.45) is 0 Å². The number of amides is 1. The van der Waals surface area contributed by atoms with Crippen LogP contribution < -0.4 is 29.9 Å². The van der Waals surface area contributed by atoms with E-state index < -0.39 is 5.54 Å². The van der Waals surface area contributed by atoms with Crippen LogP contribution in [0.4, 0.5) is 23.0 Å². The molecule has 2 aromatic heterocycles. The molecule has 9 nitrogen and oxygen atoms in total. The third-order valence-corrected chi connectivity index (χ3v) is 8.41. The van der Waals surface area contributed by atoms with E-state index in [1.165, 1.54) is 0 Å². The van der Waals surface area contributed by atoms with Crippen molar-refractivity contribution in [3.8, 4) is 11.8 Å². The number of anilines is 4. The fourth-order valence-corrected chi connectivity index (χ4v) is 5.11. The number of ether oxygens (including phenoxy) is 2. The SMILES string of the molecule is COc1ccc2c(n1)N(CCSC)C(C)(C)C(=O)N2.COc1ccc2c(n1)N(CCSC)C(C)(C)C(=S)N2. The molecule has 0 saturated heterocycles. The molecule has 0 saturated carbocycles. The van der Waals surface area contributed by atoms with Crippen LogP contribution in [0.5, 0.6) is 11.8 Å². The zero-order chi connectivity index (χ0) is 28.1. The molecule has 0 aromatic carbocycles. The fourth-order valence-electron chi connectivity index (χ4n) is 4.16. The summed E-state index contributed by atoms with van der Waals surface area (Å²) in [6.07, 6.45) is 4.16. The van der Waals surface area contributed by atoms with Crippen LogP contribution in [0.1, 0.15) is 27.7 Å². The minimum atomic E-state index is -0.609. The highest BCUT2D eigenvalue weighted by Gasteiger charge is 2.41. The molecule has 2 N–H and O–H groups in total. The van der Waals surface area contributed by atoms with Crippen molar-refractivity contribution in [1.29, 1.82) is 0 Å². The van der Waals surface area contributed by atoms with Crippen LogP contribution in [0.25, 0.3) is 0 Å². The van der Waals surface area contributed by atoms with Gasteiger partial charge in [-0.2, -0.15) is 33.5 Å². The first-order valence-corrected chi connectivity index (χ1v) is 15.5. The van der Waals surface area contributed by atoms with Crippen LogP contribution in [0.2, 0.25) is 0 Å². The summed E-state index contributed by atoms with van der Waals surface area (Å²) in [6.45, 7) is 9.73. The summed E-state index contributed by atoms with van der Waals surface area (Å²) < 4.78 is 10.4. The maximum Gasteiger partial charge on any atom is 0.249 e. The Labute approximate surface area is 239 Å². The largest absolute Gasteiger partial charge is 0.481 e. The molecule has 0 atom stereocenters. The quantitative estimate of drug-likeness (QED) is 0.424. The highest BCUT2D eigenvalue weighted by atomic mass is 32.2. The average Bonchev–Trinajstić information content (AvgIpc) is 2.89. The van der Waals surface area contributed by atoms with Crippen molar-refractivity contribution in [3.63, 3.8) is 0 Å². The van der Waals surface area contributed by atoms with Gasteiger partial charge in [0.25, 0.3) is 0 Å². The number of thiocarbonyl (C=S) groups is 1. The highest BCUT2D eigenvalue weighted by molar-refractivity contribution is 7.98. The molecule has 0 aliphatic carbocycles. The van der Waals surface area contributed by atoms with Crippen LogP contribution in [-0.4, -0.2) is 83.3 Å². The lowest BCUT2D eigenvalue weighted by atomic mass is 9.98. The van der Waals surface area contributed by atoms with Gasteiger partial charge >= 0.3 is 0 Å². The Morgan fingerprint density at radius 1 is 0.816 bits per heavy atom. The van der Waals surface area contributed by atoms with E-state index in [1.54, 1.807) is 32.0 Å². The lowest BCUT2D eigenvalue weighted by molar-refractivity contribution is -0.120. The molecule has 0 spiro atoms. The number of hydrogen-bond acceptors (Lipinski definition) is 10. The Balaban J connectivity index is 0.000000211. The van der Waals surface area contributed by atoms with Crippen LogP contribution in [-0.2, 0) is 4.79 Å². The van der Waals surface area contributed by atoms with Crippen molar-refractivity contribution < 1.29 is 14.3 Å². The summed E-state index contributed by atoms with van der Waals surface area (Å²) in [7, 11) is 3.22. The molecule has 0 unspecified atom stereocenters. The van der Waals surface area contributed by atoms with Crippen LogP contribution >= 0.6 is 35.7 Å². The maximum absolute atomic E-state index is 12.2. The van der Waals surface area contributed by atoms with Gasteiger partial charge in [-0.1, -0.05) is 12.2 Å². The van der Waals surface area contributed by atoms with Gasteiger partial charge in [0.05, 0.1) is 31.1 Å². The minimum Gasteiger partial charge on any atom is -0.481 e. The predicted molar refractivity (Wildman–Crippen MR) is 166 cm³/mol. The van der Waals surface area contributed by atoms with E-state index in [0.29, 0.717) is 11.8 Å². The Morgan fingerprint density at radius 3 is 1.71 bits per heavy atom. The van der Waals surface area contributed by atoms with Gasteiger partial charge in [-0.15, -0.1) is 0 Å². The lowest BCUT2D eigenvalue weighted by Crippen LogP contribution is -2.57. The smallest absolute Gasteiger partial charge is 0.249 e. The number of nitrogens with one attached hydrogen (secondary N) is 2. The number of rotatable bonds is 8. The Morgan fingerprint density at radius 2 is 1.26 bits per heavy atom. The molecule has 208 valence electrons. The third-order valence-electron chi connectivity index (χ3n) is 6.62. The van der Waals surface area contributed by atoms with Crippen molar-refractivity contribution in [2.75, 3.05) is 71.8 Å². The highest BCUT2D eigenvalue weighted by Crippen LogP contribution is 2.38. The van der Waals surface area contributed by atoms with Gasteiger partial charge in [0.2, 0.25) is 17.7 Å². The van der Waals surface area contributed by atoms with Gasteiger partial charge in [0, 0.05) is 36.7 Å². The fraction of sp³-hybridized carbons (Fsp3) is 0.538. The van der Waals surface area contributed by atoms with Crippen molar-refractivity contribution in [3.05, 3.63) is 24.3 Å². The van der Waals surface area contributed by atoms with Gasteiger partial charge in [-0.05, 0) is 52.3 Å². The zero-order valence-electron chi connectivity index (χ0n) is 23.4. The van der Waals surface area contributed by atoms with E-state index in [-0.39, 0.29) is 11.4 Å². The summed E-state index contributed by atoms with van der Waals surface area (Å²) >= 11 is 9.06. The second-order valence-corrected chi connectivity index (χ2v) is 12.1. The molecular weight excluding hydrogens is 541 g/mol. The van der Waals surface area contributed by atoms with Crippen LogP contribution in [0.3, 0.4) is 0 Å². The summed E-state index contributed by atoms with van der Waals surface area (Å²) in [5.41, 5.74) is 0.844. The Bertz CT molecular complexity index is 1070. The molecule has 0 bridgehead atoms. The van der Waals surface area contributed by atoms with E-state index in [1.807, 2.05) is 48.7 Å². The molecular formula is C26H38N6O3S3. The summed E-state index contributed by atoms with van der Waals surface area (Å²) in [6, 6.07) is 7.40. The standard InChI is InChI=1S/C13H19N3O2S.C13H19N3OS2/c1-13(2)12(17)14-9-5-6-10(18-3)15-11(9)16(13)7-8-19-4;1-13(2)12(18)14-9-5-6-10(17-3)15-11(9)16(13)7-8-19-4/h5-6H,7-8H2,1-4H3,(H,14,17);5-6H,7-8H2,1-4H3,(H,14,18). The number of carbonyl (C=O) groups excluding carboxylic acids is 1. The van der Waals surface area contributed by atoms with Crippen molar-refractivity contribution in [1.82, 2.24) is 9.97 Å². The second-order valence-electron chi connectivity index (χ2n) is 9.76. The number of nitrogens with zero attached hydrogens (tertiary/aromatic N) is 4. The van der Waals surface area contributed by atoms with E-state index >= 15 is 0 Å². The first kappa shape index (κ1) is 30.1. The van der Waals surface area contributed by atoms with Crippen LogP contribution in [0.15, 0.2) is 24.3 Å². The molecule has 2 aliphatic rings. The average molecular weight is 579 g/mol. The van der Waals surface area contributed by atoms with Gasteiger partial charge < -0.3 is 29.9 Å². The van der Waals surface area contributed by atoms with E-state index in [4.69, 9.17) is 21.7 Å². The van der Waals surface area contributed by atoms with Gasteiger partial charge in [0.1, 0.15) is 10.5 Å². The first-order valence-electron chi connectivity index (χ1n) is 12.3. The number of methoxy groups -OCH3 is 2. The van der Waals surface area contributed by atoms with Crippen molar-refractivity contribution in [2.45, 2.75) is 38.8 Å². The van der Waals surface area contributed by atoms with Gasteiger partial charge in [0.15, 0.2) is 11.6 Å². The monoisotopic (exact) mass is 578 g/mol. The molecule has 0 radical (unpaired) electrons. The number of aromatic nitrogens is 2. The molecule has 38 heavy (non-hydrogen) atoms. The topological polar surface area (TPSA) is 91.8 Å². The number of hydrogen-bond donors (Lipinski definition) is 2. The normalized spacial score (nSPS) is 16.8. The molecule has 2 aromatic rings. The Kier molecular flexibility index (Phi) is 9.99. The van der Waals surface area contributed by atoms with E-state index in [9.17, 15) is 4.79 Å². The van der Waals surface area contributed by atoms with Crippen molar-refractivity contribution >= 4 is 69.6 Å². The molecule has 12 heteroatoms. The number of fused-ring (bicyclic) bond motifs is 2. The number of thioether (sulfide) groups is 2. The molecule has 4 rings (SSSR count). The predicted octanol–water partition coefficient (Wildman–Crippen LogP) is 4.78. The van der Waals surface area contributed by atoms with Gasteiger partial charge in [-0.3, -0.25) is 4.79 Å². The van der Waals surface area contributed by atoms with E-state index in [0.717, 1.165) is 52.6 Å².